The van der Waals surface area contributed by atoms with Gasteiger partial charge >= 0.3 is 0 Å². The Morgan fingerprint density at radius 3 is 2.76 bits per heavy atom. The van der Waals surface area contributed by atoms with E-state index in [4.69, 9.17) is 10.5 Å². The molecule has 2 N–H and O–H groups in total. The van der Waals surface area contributed by atoms with Crippen LogP contribution in [0.1, 0.15) is 29.8 Å². The third-order valence-corrected chi connectivity index (χ3v) is 2.91. The first-order chi connectivity index (χ1) is 10.1. The number of nitrogens with zero attached hydrogens (tertiary/aromatic N) is 1. The number of ether oxygens (including phenoxy) is 1. The third-order valence-electron chi connectivity index (χ3n) is 2.91. The minimum Gasteiger partial charge on any atom is -0.380 e. The van der Waals surface area contributed by atoms with Crippen molar-refractivity contribution in [2.24, 2.45) is 5.73 Å². The fraction of sp³-hybridized carbons (Fsp3) is 0.438. The molecule has 114 valence electrons. The lowest BCUT2D eigenvalue weighted by atomic mass is 10.1. The standard InChI is InChI=1S/C16H21FN2O2/c1-3-19(10-11-21-4-2)16(20)14-8-7-13(6-5-9-18)12-15(14)17/h7-8,12H,3-4,9-11,18H2,1-2H3. The zero-order chi connectivity index (χ0) is 15.7. The second kappa shape index (κ2) is 9.11. The molecular weight excluding hydrogens is 271 g/mol. The average molecular weight is 292 g/mol. The first-order valence-electron chi connectivity index (χ1n) is 6.99. The summed E-state index contributed by atoms with van der Waals surface area (Å²) in [6, 6.07) is 4.34. The molecule has 1 aromatic carbocycles. The van der Waals surface area contributed by atoms with Crippen molar-refractivity contribution in [1.29, 1.82) is 0 Å². The van der Waals surface area contributed by atoms with Crippen molar-refractivity contribution in [2.75, 3.05) is 32.8 Å². The molecule has 4 nitrogen and oxygen atoms in total. The second-order valence-electron chi connectivity index (χ2n) is 4.28. The molecule has 5 heteroatoms. The van der Waals surface area contributed by atoms with Crippen LogP contribution in [-0.4, -0.2) is 43.7 Å². The molecule has 1 amide bonds. The van der Waals surface area contributed by atoms with E-state index < -0.39 is 5.82 Å². The number of hydrogen-bond acceptors (Lipinski definition) is 3. The van der Waals surface area contributed by atoms with Crippen LogP contribution >= 0.6 is 0 Å². The number of nitrogens with two attached hydrogens (primary N) is 1. The van der Waals surface area contributed by atoms with Gasteiger partial charge in [-0.05, 0) is 32.0 Å². The van der Waals surface area contributed by atoms with Crippen LogP contribution in [0.2, 0.25) is 0 Å². The van der Waals surface area contributed by atoms with Crippen molar-refractivity contribution in [3.8, 4) is 11.8 Å². The highest BCUT2D eigenvalue weighted by molar-refractivity contribution is 5.94. The Bertz CT molecular complexity index is 535. The number of hydrogen-bond donors (Lipinski definition) is 1. The quantitative estimate of drug-likeness (QED) is 0.640. The summed E-state index contributed by atoms with van der Waals surface area (Å²) in [5.74, 6) is 4.47. The van der Waals surface area contributed by atoms with Gasteiger partial charge in [0.2, 0.25) is 0 Å². The van der Waals surface area contributed by atoms with Crippen molar-refractivity contribution < 1.29 is 13.9 Å². The topological polar surface area (TPSA) is 55.6 Å². The van der Waals surface area contributed by atoms with Crippen LogP contribution in [-0.2, 0) is 4.74 Å². The number of likely N-dealkylation sites (N-methyl/N-ethyl adjacent to an activating group) is 1. The average Bonchev–Trinajstić information content (AvgIpc) is 2.49. The van der Waals surface area contributed by atoms with Gasteiger partial charge in [0.25, 0.3) is 5.91 Å². The van der Waals surface area contributed by atoms with Gasteiger partial charge in [0.15, 0.2) is 0 Å². The Morgan fingerprint density at radius 2 is 2.19 bits per heavy atom. The van der Waals surface area contributed by atoms with Gasteiger partial charge in [0, 0.05) is 25.3 Å². The van der Waals surface area contributed by atoms with Gasteiger partial charge in [-0.1, -0.05) is 11.8 Å². The molecule has 0 fully saturated rings. The summed E-state index contributed by atoms with van der Waals surface area (Å²) in [6.45, 7) is 5.93. The largest absolute Gasteiger partial charge is 0.380 e. The van der Waals surface area contributed by atoms with Gasteiger partial charge in [-0.2, -0.15) is 0 Å². The Hall–Kier alpha value is -1.90. The highest BCUT2D eigenvalue weighted by Gasteiger charge is 2.17. The lowest BCUT2D eigenvalue weighted by molar-refractivity contribution is 0.0665. The number of amides is 1. The molecule has 0 aliphatic rings. The fourth-order valence-corrected chi connectivity index (χ4v) is 1.81. The molecule has 1 aromatic rings. The van der Waals surface area contributed by atoms with E-state index in [1.165, 1.54) is 12.1 Å². The molecule has 0 spiro atoms. The third kappa shape index (κ3) is 5.18. The molecule has 0 radical (unpaired) electrons. The predicted molar refractivity (Wildman–Crippen MR) is 80.4 cm³/mol. The minimum absolute atomic E-state index is 0.0478. The van der Waals surface area contributed by atoms with Gasteiger partial charge < -0.3 is 15.4 Å². The highest BCUT2D eigenvalue weighted by Crippen LogP contribution is 2.12. The smallest absolute Gasteiger partial charge is 0.256 e. The van der Waals surface area contributed by atoms with Crippen molar-refractivity contribution in [3.63, 3.8) is 0 Å². The number of halogens is 1. The predicted octanol–water partition coefficient (Wildman–Crippen LogP) is 1.63. The summed E-state index contributed by atoms with van der Waals surface area (Å²) in [4.78, 5) is 13.8. The Kier molecular flexibility index (Phi) is 7.44. The van der Waals surface area contributed by atoms with Gasteiger partial charge in [-0.25, -0.2) is 4.39 Å². The molecule has 0 atom stereocenters. The first kappa shape index (κ1) is 17.2. The van der Waals surface area contributed by atoms with E-state index in [9.17, 15) is 9.18 Å². The maximum Gasteiger partial charge on any atom is 0.256 e. The van der Waals surface area contributed by atoms with Crippen molar-refractivity contribution in [2.45, 2.75) is 13.8 Å². The lowest BCUT2D eigenvalue weighted by Gasteiger charge is -2.21. The van der Waals surface area contributed by atoms with E-state index in [1.807, 2.05) is 13.8 Å². The van der Waals surface area contributed by atoms with E-state index >= 15 is 0 Å². The summed E-state index contributed by atoms with van der Waals surface area (Å²) in [5.41, 5.74) is 5.82. The summed E-state index contributed by atoms with van der Waals surface area (Å²) >= 11 is 0. The Labute approximate surface area is 125 Å². The Morgan fingerprint density at radius 1 is 1.43 bits per heavy atom. The number of carbonyl (C=O) groups is 1. The fourth-order valence-electron chi connectivity index (χ4n) is 1.81. The molecular formula is C16H21FN2O2. The molecule has 1 rings (SSSR count). The first-order valence-corrected chi connectivity index (χ1v) is 6.99. The van der Waals surface area contributed by atoms with Crippen LogP contribution < -0.4 is 5.73 Å². The summed E-state index contributed by atoms with van der Waals surface area (Å²) in [6.07, 6.45) is 0. The molecule has 0 heterocycles. The highest BCUT2D eigenvalue weighted by atomic mass is 19.1. The van der Waals surface area contributed by atoms with E-state index in [0.29, 0.717) is 31.9 Å². The van der Waals surface area contributed by atoms with E-state index in [-0.39, 0.29) is 18.0 Å². The zero-order valence-electron chi connectivity index (χ0n) is 12.5. The monoisotopic (exact) mass is 292 g/mol. The van der Waals surface area contributed by atoms with Gasteiger partial charge in [0.05, 0.1) is 18.7 Å². The summed E-state index contributed by atoms with van der Waals surface area (Å²) in [7, 11) is 0. The molecule has 0 saturated heterocycles. The normalized spacial score (nSPS) is 9.90. The molecule has 0 aliphatic carbocycles. The van der Waals surface area contributed by atoms with Crippen LogP contribution in [0.3, 0.4) is 0 Å². The van der Waals surface area contributed by atoms with Crippen LogP contribution in [0.15, 0.2) is 18.2 Å². The van der Waals surface area contributed by atoms with Gasteiger partial charge in [0.1, 0.15) is 5.82 Å². The maximum atomic E-state index is 14.0. The molecule has 21 heavy (non-hydrogen) atoms. The molecule has 0 saturated carbocycles. The minimum atomic E-state index is -0.571. The van der Waals surface area contributed by atoms with Gasteiger partial charge in [-0.15, -0.1) is 0 Å². The van der Waals surface area contributed by atoms with Crippen LogP contribution in [0.4, 0.5) is 4.39 Å². The second-order valence-corrected chi connectivity index (χ2v) is 4.28. The molecule has 0 aliphatic heterocycles. The molecule has 0 bridgehead atoms. The maximum absolute atomic E-state index is 14.0. The number of benzene rings is 1. The van der Waals surface area contributed by atoms with Crippen molar-refractivity contribution in [3.05, 3.63) is 35.1 Å². The van der Waals surface area contributed by atoms with E-state index in [0.717, 1.165) is 0 Å². The summed E-state index contributed by atoms with van der Waals surface area (Å²) in [5, 5.41) is 0. The zero-order valence-corrected chi connectivity index (χ0v) is 12.5. The number of rotatable bonds is 6. The van der Waals surface area contributed by atoms with Crippen LogP contribution in [0.25, 0.3) is 0 Å². The molecule has 0 unspecified atom stereocenters. The Balaban J connectivity index is 2.85. The van der Waals surface area contributed by atoms with Crippen LogP contribution in [0, 0.1) is 17.7 Å². The van der Waals surface area contributed by atoms with Gasteiger partial charge in [-0.3, -0.25) is 4.79 Å². The van der Waals surface area contributed by atoms with Crippen LogP contribution in [0.5, 0.6) is 0 Å². The van der Waals surface area contributed by atoms with Crippen molar-refractivity contribution >= 4 is 5.91 Å². The van der Waals surface area contributed by atoms with Crippen molar-refractivity contribution in [1.82, 2.24) is 4.90 Å². The summed E-state index contributed by atoms with van der Waals surface area (Å²) < 4.78 is 19.3. The van der Waals surface area contributed by atoms with E-state index in [2.05, 4.69) is 11.8 Å². The molecule has 0 aromatic heterocycles. The number of carbonyl (C=O) groups excluding carboxylic acids is 1. The SMILES string of the molecule is CCOCCN(CC)C(=O)c1ccc(C#CCN)cc1F. The van der Waals surface area contributed by atoms with E-state index in [1.54, 1.807) is 11.0 Å². The lowest BCUT2D eigenvalue weighted by Crippen LogP contribution is -2.34.